The SMILES string of the molecule is COc1ccc(S(=O)(=O)N2CCCC(C)C2)cc1N1CCN(C(=O)c2cc(C)oc2C)CC1. The van der Waals surface area contributed by atoms with Crippen molar-refractivity contribution in [3.05, 3.63) is 41.3 Å². The van der Waals surface area contributed by atoms with Crippen LogP contribution < -0.4 is 9.64 Å². The number of amides is 1. The average Bonchev–Trinajstić information content (AvgIpc) is 3.16. The number of benzene rings is 1. The molecule has 0 bridgehead atoms. The summed E-state index contributed by atoms with van der Waals surface area (Å²) in [6.07, 6.45) is 1.94. The van der Waals surface area contributed by atoms with Gasteiger partial charge in [-0.05, 0) is 56.9 Å². The summed E-state index contributed by atoms with van der Waals surface area (Å²) < 4.78 is 39.3. The largest absolute Gasteiger partial charge is 0.495 e. The van der Waals surface area contributed by atoms with E-state index in [4.69, 9.17) is 9.15 Å². The third kappa shape index (κ3) is 4.75. The van der Waals surface area contributed by atoms with E-state index < -0.39 is 10.0 Å². The Morgan fingerprint density at radius 3 is 2.42 bits per heavy atom. The van der Waals surface area contributed by atoms with E-state index in [1.165, 1.54) is 0 Å². The van der Waals surface area contributed by atoms with Crippen LogP contribution in [0.2, 0.25) is 0 Å². The van der Waals surface area contributed by atoms with Crippen LogP contribution in [-0.2, 0) is 10.0 Å². The molecular weight excluding hydrogens is 442 g/mol. The zero-order chi connectivity index (χ0) is 23.8. The Labute approximate surface area is 196 Å². The maximum Gasteiger partial charge on any atom is 0.257 e. The van der Waals surface area contributed by atoms with Gasteiger partial charge in [-0.3, -0.25) is 4.79 Å². The molecule has 3 heterocycles. The number of sulfonamides is 1. The molecule has 2 aliphatic rings. The van der Waals surface area contributed by atoms with E-state index in [9.17, 15) is 13.2 Å². The number of methoxy groups -OCH3 is 1. The van der Waals surface area contributed by atoms with Crippen LogP contribution in [0.1, 0.15) is 41.6 Å². The number of hydrogen-bond acceptors (Lipinski definition) is 6. The Kier molecular flexibility index (Phi) is 6.72. The molecule has 1 unspecified atom stereocenters. The number of nitrogens with zero attached hydrogens (tertiary/aromatic N) is 3. The first-order valence-corrected chi connectivity index (χ1v) is 12.9. The molecule has 33 heavy (non-hydrogen) atoms. The second-order valence-electron chi connectivity index (χ2n) is 9.05. The lowest BCUT2D eigenvalue weighted by atomic mass is 10.0. The van der Waals surface area contributed by atoms with Gasteiger partial charge in [0.1, 0.15) is 17.3 Å². The number of furan rings is 1. The second kappa shape index (κ2) is 9.38. The minimum absolute atomic E-state index is 0.0356. The molecule has 4 rings (SSSR count). The summed E-state index contributed by atoms with van der Waals surface area (Å²) >= 11 is 0. The van der Waals surface area contributed by atoms with Gasteiger partial charge >= 0.3 is 0 Å². The van der Waals surface area contributed by atoms with Gasteiger partial charge in [0.2, 0.25) is 10.0 Å². The number of carbonyl (C=O) groups excluding carboxylic acids is 1. The molecule has 0 spiro atoms. The summed E-state index contributed by atoms with van der Waals surface area (Å²) in [5, 5.41) is 0. The molecule has 2 saturated heterocycles. The highest BCUT2D eigenvalue weighted by molar-refractivity contribution is 7.89. The Bertz CT molecular complexity index is 1120. The van der Waals surface area contributed by atoms with Gasteiger partial charge in [-0.15, -0.1) is 0 Å². The van der Waals surface area contributed by atoms with Gasteiger partial charge in [0.05, 0.1) is 23.3 Å². The molecule has 0 aliphatic carbocycles. The quantitative estimate of drug-likeness (QED) is 0.660. The fourth-order valence-corrected chi connectivity index (χ4v) is 6.37. The van der Waals surface area contributed by atoms with Gasteiger partial charge in [0, 0.05) is 39.3 Å². The predicted molar refractivity (Wildman–Crippen MR) is 126 cm³/mol. The first kappa shape index (κ1) is 23.6. The van der Waals surface area contributed by atoms with Crippen LogP contribution in [0.3, 0.4) is 0 Å². The molecule has 1 aromatic carbocycles. The van der Waals surface area contributed by atoms with Crippen molar-refractivity contribution < 1.29 is 22.4 Å². The Hall–Kier alpha value is -2.52. The third-order valence-electron chi connectivity index (χ3n) is 6.59. The maximum atomic E-state index is 13.3. The lowest BCUT2D eigenvalue weighted by Gasteiger charge is -2.37. The van der Waals surface area contributed by atoms with E-state index in [-0.39, 0.29) is 10.8 Å². The Balaban J connectivity index is 1.52. The van der Waals surface area contributed by atoms with Crippen molar-refractivity contribution in [3.8, 4) is 5.75 Å². The first-order chi connectivity index (χ1) is 15.7. The van der Waals surface area contributed by atoms with Crippen molar-refractivity contribution in [2.45, 2.75) is 38.5 Å². The highest BCUT2D eigenvalue weighted by Crippen LogP contribution is 2.34. The van der Waals surface area contributed by atoms with Crippen molar-refractivity contribution in [2.24, 2.45) is 5.92 Å². The molecule has 1 aromatic heterocycles. The standard InChI is InChI=1S/C24H33N3O5S/c1-17-6-5-9-27(16-17)33(29,30)20-7-8-23(31-4)22(15-20)25-10-12-26(13-11-25)24(28)21-14-18(2)32-19(21)3/h7-8,14-15,17H,5-6,9-13,16H2,1-4H3. The molecule has 1 atom stereocenters. The molecule has 0 saturated carbocycles. The topological polar surface area (TPSA) is 83.3 Å². The second-order valence-corrected chi connectivity index (χ2v) is 11.0. The number of ether oxygens (including phenoxy) is 1. The summed E-state index contributed by atoms with van der Waals surface area (Å²) in [7, 11) is -1.98. The summed E-state index contributed by atoms with van der Waals surface area (Å²) in [6, 6.07) is 6.85. The van der Waals surface area contributed by atoms with E-state index in [1.807, 2.05) is 11.8 Å². The van der Waals surface area contributed by atoms with Crippen LogP contribution >= 0.6 is 0 Å². The van der Waals surface area contributed by atoms with Crippen LogP contribution in [0.25, 0.3) is 0 Å². The molecule has 8 nitrogen and oxygen atoms in total. The monoisotopic (exact) mass is 475 g/mol. The number of hydrogen-bond donors (Lipinski definition) is 0. The average molecular weight is 476 g/mol. The number of rotatable bonds is 5. The number of piperazine rings is 1. The van der Waals surface area contributed by atoms with Gasteiger partial charge in [-0.2, -0.15) is 4.31 Å². The van der Waals surface area contributed by atoms with Crippen LogP contribution in [0, 0.1) is 19.8 Å². The number of anilines is 1. The van der Waals surface area contributed by atoms with Gasteiger partial charge < -0.3 is 19.0 Å². The molecule has 0 radical (unpaired) electrons. The lowest BCUT2D eigenvalue weighted by molar-refractivity contribution is 0.0745. The number of aryl methyl sites for hydroxylation is 2. The van der Waals surface area contributed by atoms with Crippen LogP contribution in [0.4, 0.5) is 5.69 Å². The van der Waals surface area contributed by atoms with E-state index in [2.05, 4.69) is 11.8 Å². The normalized spacial score (nSPS) is 20.2. The number of piperidine rings is 1. The zero-order valence-corrected chi connectivity index (χ0v) is 20.7. The molecule has 0 N–H and O–H groups in total. The summed E-state index contributed by atoms with van der Waals surface area (Å²) in [4.78, 5) is 17.1. The molecule has 9 heteroatoms. The molecule has 1 amide bonds. The maximum absolute atomic E-state index is 13.3. The van der Waals surface area contributed by atoms with Crippen molar-refractivity contribution in [1.29, 1.82) is 0 Å². The Morgan fingerprint density at radius 1 is 1.09 bits per heavy atom. The third-order valence-corrected chi connectivity index (χ3v) is 8.45. The highest BCUT2D eigenvalue weighted by Gasteiger charge is 2.31. The molecular formula is C24H33N3O5S. The van der Waals surface area contributed by atoms with Crippen LogP contribution in [-0.4, -0.2) is 69.9 Å². The van der Waals surface area contributed by atoms with Gasteiger partial charge in [-0.25, -0.2) is 8.42 Å². The lowest BCUT2D eigenvalue weighted by Crippen LogP contribution is -2.49. The van der Waals surface area contributed by atoms with Gasteiger partial charge in [-0.1, -0.05) is 6.92 Å². The molecule has 2 aliphatic heterocycles. The van der Waals surface area contributed by atoms with E-state index in [1.54, 1.807) is 42.6 Å². The predicted octanol–water partition coefficient (Wildman–Crippen LogP) is 3.29. The van der Waals surface area contributed by atoms with Crippen molar-refractivity contribution in [1.82, 2.24) is 9.21 Å². The van der Waals surface area contributed by atoms with Crippen molar-refractivity contribution >= 4 is 21.6 Å². The van der Waals surface area contributed by atoms with E-state index in [0.717, 1.165) is 24.3 Å². The summed E-state index contributed by atoms with van der Waals surface area (Å²) in [5.74, 6) is 2.31. The molecule has 2 fully saturated rings. The Morgan fingerprint density at radius 2 is 1.82 bits per heavy atom. The van der Waals surface area contributed by atoms with Crippen LogP contribution in [0.15, 0.2) is 33.6 Å². The van der Waals surface area contributed by atoms with E-state index in [0.29, 0.717) is 62.3 Å². The zero-order valence-electron chi connectivity index (χ0n) is 19.8. The van der Waals surface area contributed by atoms with Crippen molar-refractivity contribution in [2.75, 3.05) is 51.3 Å². The van der Waals surface area contributed by atoms with Crippen LogP contribution in [0.5, 0.6) is 5.75 Å². The van der Waals surface area contributed by atoms with Crippen molar-refractivity contribution in [3.63, 3.8) is 0 Å². The fraction of sp³-hybridized carbons (Fsp3) is 0.542. The van der Waals surface area contributed by atoms with Gasteiger partial charge in [0.25, 0.3) is 5.91 Å². The van der Waals surface area contributed by atoms with E-state index >= 15 is 0 Å². The molecule has 180 valence electrons. The highest BCUT2D eigenvalue weighted by atomic mass is 32.2. The first-order valence-electron chi connectivity index (χ1n) is 11.5. The summed E-state index contributed by atoms with van der Waals surface area (Å²) in [5.41, 5.74) is 1.34. The summed E-state index contributed by atoms with van der Waals surface area (Å²) in [6.45, 7) is 9.08. The minimum atomic E-state index is -3.57. The van der Waals surface area contributed by atoms with Gasteiger partial charge in [0.15, 0.2) is 0 Å². The minimum Gasteiger partial charge on any atom is -0.495 e. The smallest absolute Gasteiger partial charge is 0.257 e. The number of carbonyl (C=O) groups is 1. The fourth-order valence-electron chi connectivity index (χ4n) is 4.75. The molecule has 2 aromatic rings.